The molecular weight excluding hydrogens is 320 g/mol. The van der Waals surface area contributed by atoms with Crippen LogP contribution in [-0.4, -0.2) is 35.8 Å². The summed E-state index contributed by atoms with van der Waals surface area (Å²) in [5.41, 5.74) is 1.19. The number of rotatable bonds is 3. The Hall–Kier alpha value is -1.36. The monoisotopic (exact) mass is 340 g/mol. The zero-order valence-electron chi connectivity index (χ0n) is 12.6. The molecule has 110 valence electrons. The number of carbonyl (C=O) groups excluding carboxylic acids is 2. The Morgan fingerprint density at radius 3 is 2.45 bits per heavy atom. The Morgan fingerprint density at radius 2 is 1.90 bits per heavy atom. The Balaban J connectivity index is 2.77. The molecule has 0 unspecified atom stereocenters. The minimum atomic E-state index is -0.299. The number of benzene rings is 1. The maximum atomic E-state index is 12.3. The van der Waals surface area contributed by atoms with Gasteiger partial charge in [0.05, 0.1) is 6.54 Å². The van der Waals surface area contributed by atoms with Gasteiger partial charge in [-0.25, -0.2) is 0 Å². The molecule has 0 aliphatic rings. The molecule has 4 nitrogen and oxygen atoms in total. The Kier molecular flexibility index (Phi) is 5.34. The number of hydrogen-bond acceptors (Lipinski definition) is 2. The van der Waals surface area contributed by atoms with Crippen LogP contribution in [0, 0.1) is 6.92 Å². The average Bonchev–Trinajstić information content (AvgIpc) is 2.28. The van der Waals surface area contributed by atoms with E-state index in [1.165, 1.54) is 4.90 Å². The minimum absolute atomic E-state index is 0.0437. The summed E-state index contributed by atoms with van der Waals surface area (Å²) >= 11 is 3.35. The van der Waals surface area contributed by atoms with Gasteiger partial charge in [0.25, 0.3) is 5.91 Å². The molecule has 0 saturated carbocycles. The van der Waals surface area contributed by atoms with Crippen molar-refractivity contribution in [2.24, 2.45) is 0 Å². The highest BCUT2D eigenvalue weighted by atomic mass is 79.9. The Bertz CT molecular complexity index is 521. The number of halogens is 1. The van der Waals surface area contributed by atoms with Gasteiger partial charge in [-0.1, -0.05) is 22.0 Å². The van der Waals surface area contributed by atoms with Crippen LogP contribution in [0.2, 0.25) is 0 Å². The second kappa shape index (κ2) is 6.39. The second-order valence-electron chi connectivity index (χ2n) is 5.92. The van der Waals surface area contributed by atoms with E-state index in [1.54, 1.807) is 13.1 Å². The molecule has 0 fully saturated rings. The molecule has 2 amide bonds. The van der Waals surface area contributed by atoms with Crippen molar-refractivity contribution in [1.82, 2.24) is 10.2 Å². The summed E-state index contributed by atoms with van der Waals surface area (Å²) in [4.78, 5) is 25.6. The highest BCUT2D eigenvalue weighted by molar-refractivity contribution is 9.10. The summed E-state index contributed by atoms with van der Waals surface area (Å²) in [6.45, 7) is 7.65. The summed E-state index contributed by atoms with van der Waals surface area (Å²) < 4.78 is 0.846. The largest absolute Gasteiger partial charge is 0.350 e. The maximum absolute atomic E-state index is 12.3. The van der Waals surface area contributed by atoms with Crippen LogP contribution in [0.3, 0.4) is 0 Å². The van der Waals surface area contributed by atoms with Crippen molar-refractivity contribution >= 4 is 27.7 Å². The Labute approximate surface area is 128 Å². The fourth-order valence-electron chi connectivity index (χ4n) is 1.78. The molecule has 0 aromatic heterocycles. The third-order valence-electron chi connectivity index (χ3n) is 2.67. The van der Waals surface area contributed by atoms with Gasteiger partial charge in [-0.15, -0.1) is 0 Å². The number of nitrogens with zero attached hydrogens (tertiary/aromatic N) is 1. The van der Waals surface area contributed by atoms with E-state index < -0.39 is 0 Å². The van der Waals surface area contributed by atoms with Gasteiger partial charge in [0.15, 0.2) is 0 Å². The molecule has 0 radical (unpaired) electrons. The van der Waals surface area contributed by atoms with Gasteiger partial charge < -0.3 is 10.2 Å². The number of amides is 2. The van der Waals surface area contributed by atoms with Crippen LogP contribution in [0.1, 0.15) is 36.7 Å². The number of nitrogens with one attached hydrogen (secondary N) is 1. The topological polar surface area (TPSA) is 49.4 Å². The normalized spacial score (nSPS) is 11.1. The number of hydrogen-bond donors (Lipinski definition) is 1. The van der Waals surface area contributed by atoms with E-state index in [0.717, 1.165) is 10.0 Å². The molecule has 0 spiro atoms. The third-order valence-corrected chi connectivity index (χ3v) is 3.17. The first kappa shape index (κ1) is 16.7. The molecule has 0 heterocycles. The van der Waals surface area contributed by atoms with Crippen molar-refractivity contribution in [2.45, 2.75) is 33.2 Å². The fourth-order valence-corrected chi connectivity index (χ4v) is 2.14. The van der Waals surface area contributed by atoms with Crippen molar-refractivity contribution in [3.05, 3.63) is 33.8 Å². The third kappa shape index (κ3) is 4.96. The van der Waals surface area contributed by atoms with Gasteiger partial charge in [0.1, 0.15) is 0 Å². The van der Waals surface area contributed by atoms with Crippen LogP contribution in [0.15, 0.2) is 22.7 Å². The van der Waals surface area contributed by atoms with Gasteiger partial charge in [0, 0.05) is 22.6 Å². The number of likely N-dealkylation sites (N-methyl/N-ethyl adjacent to an activating group) is 1. The lowest BCUT2D eigenvalue weighted by Crippen LogP contribution is -2.46. The molecule has 0 aliphatic carbocycles. The van der Waals surface area contributed by atoms with Crippen LogP contribution in [-0.2, 0) is 4.79 Å². The van der Waals surface area contributed by atoms with Crippen molar-refractivity contribution in [1.29, 1.82) is 0 Å². The van der Waals surface area contributed by atoms with Crippen molar-refractivity contribution in [3.63, 3.8) is 0 Å². The standard InChI is InChI=1S/C15H21BrN2O2/c1-10-6-7-11(16)8-12(10)14(20)18(5)9-13(19)17-15(2,3)4/h6-8H,9H2,1-5H3,(H,17,19). The van der Waals surface area contributed by atoms with E-state index >= 15 is 0 Å². The SMILES string of the molecule is Cc1ccc(Br)cc1C(=O)N(C)CC(=O)NC(C)(C)C. The van der Waals surface area contributed by atoms with Crippen LogP contribution < -0.4 is 5.32 Å². The molecule has 0 bridgehead atoms. The molecule has 5 heteroatoms. The molecule has 20 heavy (non-hydrogen) atoms. The molecule has 0 aliphatic heterocycles. The fraction of sp³-hybridized carbons (Fsp3) is 0.467. The highest BCUT2D eigenvalue weighted by Crippen LogP contribution is 2.17. The molecule has 1 rings (SSSR count). The van der Waals surface area contributed by atoms with Crippen LogP contribution in [0.4, 0.5) is 0 Å². The van der Waals surface area contributed by atoms with E-state index in [-0.39, 0.29) is 23.9 Å². The van der Waals surface area contributed by atoms with E-state index in [4.69, 9.17) is 0 Å². The van der Waals surface area contributed by atoms with E-state index in [1.807, 2.05) is 39.8 Å². The summed E-state index contributed by atoms with van der Waals surface area (Å²) in [5, 5.41) is 2.84. The highest BCUT2D eigenvalue weighted by Gasteiger charge is 2.19. The van der Waals surface area contributed by atoms with E-state index in [0.29, 0.717) is 5.56 Å². The summed E-state index contributed by atoms with van der Waals surface area (Å²) in [5.74, 6) is -0.325. The molecule has 1 aromatic carbocycles. The molecule has 0 saturated heterocycles. The molecular formula is C15H21BrN2O2. The second-order valence-corrected chi connectivity index (χ2v) is 6.83. The van der Waals surface area contributed by atoms with Crippen molar-refractivity contribution < 1.29 is 9.59 Å². The summed E-state index contributed by atoms with van der Waals surface area (Å²) in [6.07, 6.45) is 0. The molecule has 1 aromatic rings. The van der Waals surface area contributed by atoms with Gasteiger partial charge in [-0.05, 0) is 45.4 Å². The number of carbonyl (C=O) groups is 2. The minimum Gasteiger partial charge on any atom is -0.350 e. The number of aryl methyl sites for hydroxylation is 1. The van der Waals surface area contributed by atoms with Gasteiger partial charge in [-0.3, -0.25) is 9.59 Å². The predicted octanol–water partition coefficient (Wildman–Crippen LogP) is 2.74. The zero-order valence-corrected chi connectivity index (χ0v) is 14.2. The van der Waals surface area contributed by atoms with Gasteiger partial charge in [0.2, 0.25) is 5.91 Å². The lowest BCUT2D eigenvalue weighted by Gasteiger charge is -2.23. The van der Waals surface area contributed by atoms with Crippen LogP contribution in [0.5, 0.6) is 0 Å². The smallest absolute Gasteiger partial charge is 0.254 e. The summed E-state index contributed by atoms with van der Waals surface area (Å²) in [7, 11) is 1.63. The maximum Gasteiger partial charge on any atom is 0.254 e. The molecule has 0 atom stereocenters. The lowest BCUT2D eigenvalue weighted by atomic mass is 10.1. The first-order valence-electron chi connectivity index (χ1n) is 6.43. The van der Waals surface area contributed by atoms with Gasteiger partial charge >= 0.3 is 0 Å². The quantitative estimate of drug-likeness (QED) is 0.919. The first-order valence-corrected chi connectivity index (χ1v) is 7.22. The summed E-state index contributed by atoms with van der Waals surface area (Å²) in [6, 6.07) is 5.54. The first-order chi connectivity index (χ1) is 9.10. The zero-order chi connectivity index (χ0) is 15.5. The van der Waals surface area contributed by atoms with Gasteiger partial charge in [-0.2, -0.15) is 0 Å². The van der Waals surface area contributed by atoms with Crippen LogP contribution >= 0.6 is 15.9 Å². The average molecular weight is 341 g/mol. The molecule has 1 N–H and O–H groups in total. The van der Waals surface area contributed by atoms with Crippen LogP contribution in [0.25, 0.3) is 0 Å². The van der Waals surface area contributed by atoms with E-state index in [9.17, 15) is 9.59 Å². The van der Waals surface area contributed by atoms with Crippen molar-refractivity contribution in [3.8, 4) is 0 Å². The van der Waals surface area contributed by atoms with E-state index in [2.05, 4.69) is 21.2 Å². The van der Waals surface area contributed by atoms with Crippen molar-refractivity contribution in [2.75, 3.05) is 13.6 Å². The lowest BCUT2D eigenvalue weighted by molar-refractivity contribution is -0.122. The predicted molar refractivity (Wildman–Crippen MR) is 83.7 cm³/mol. The Morgan fingerprint density at radius 1 is 1.30 bits per heavy atom.